The van der Waals surface area contributed by atoms with Gasteiger partial charge in [-0.15, -0.1) is 11.8 Å². The predicted octanol–water partition coefficient (Wildman–Crippen LogP) is 5.06. The number of benzene rings is 2. The Balaban J connectivity index is 1.71. The van der Waals surface area contributed by atoms with Crippen LogP contribution >= 0.6 is 23.4 Å². The molecule has 1 aliphatic rings. The van der Waals surface area contributed by atoms with Crippen molar-refractivity contribution in [1.29, 1.82) is 0 Å². The van der Waals surface area contributed by atoms with Crippen LogP contribution in [0.3, 0.4) is 0 Å². The van der Waals surface area contributed by atoms with E-state index in [9.17, 15) is 9.59 Å². The maximum absolute atomic E-state index is 12.6. The summed E-state index contributed by atoms with van der Waals surface area (Å²) < 4.78 is 5.64. The number of carbonyl (C=O) groups is 2. The first-order chi connectivity index (χ1) is 12.8. The van der Waals surface area contributed by atoms with E-state index < -0.39 is 0 Å². The van der Waals surface area contributed by atoms with E-state index in [0.717, 1.165) is 4.90 Å². The lowest BCUT2D eigenvalue weighted by Gasteiger charge is -2.21. The number of hydrogen-bond acceptors (Lipinski definition) is 4. The largest absolute Gasteiger partial charge is 0.492 e. The van der Waals surface area contributed by atoms with Crippen LogP contribution in [0.2, 0.25) is 5.02 Å². The standard InChI is InChI=1S/C20H21ClN2O3S/c1-11(2)10-26-17-6-5-14(9-15(17)21)22-20(25)13-4-7-18-16(8-13)23-19(24)12(3)27-18/h4-9,11-12H,10H2,1-3H3,(H,22,25)(H,23,24)/t12-/m0/s1. The van der Waals surface area contributed by atoms with E-state index in [2.05, 4.69) is 24.5 Å². The molecule has 7 heteroatoms. The number of fused-ring (bicyclic) bond motifs is 1. The van der Waals surface area contributed by atoms with Crippen molar-refractivity contribution in [3.8, 4) is 5.75 Å². The summed E-state index contributed by atoms with van der Waals surface area (Å²) in [5.41, 5.74) is 1.69. The van der Waals surface area contributed by atoms with Crippen LogP contribution in [0, 0.1) is 5.92 Å². The van der Waals surface area contributed by atoms with Gasteiger partial charge in [0.1, 0.15) is 5.75 Å². The van der Waals surface area contributed by atoms with Gasteiger partial charge in [-0.1, -0.05) is 25.4 Å². The second-order valence-corrected chi connectivity index (χ2v) is 8.55. The number of carbonyl (C=O) groups excluding carboxylic acids is 2. The summed E-state index contributed by atoms with van der Waals surface area (Å²) >= 11 is 7.72. The van der Waals surface area contributed by atoms with Gasteiger partial charge in [0.15, 0.2) is 0 Å². The molecule has 2 amide bonds. The first kappa shape index (κ1) is 19.6. The molecular formula is C20H21ClN2O3S. The van der Waals surface area contributed by atoms with Crippen molar-refractivity contribution in [2.24, 2.45) is 5.92 Å². The maximum atomic E-state index is 12.6. The Morgan fingerprint density at radius 2 is 2.07 bits per heavy atom. The smallest absolute Gasteiger partial charge is 0.255 e. The second-order valence-electron chi connectivity index (χ2n) is 6.76. The molecule has 27 heavy (non-hydrogen) atoms. The molecule has 0 aromatic heterocycles. The van der Waals surface area contributed by atoms with E-state index in [1.807, 2.05) is 13.0 Å². The highest BCUT2D eigenvalue weighted by Gasteiger charge is 2.23. The Labute approximate surface area is 167 Å². The molecule has 3 rings (SSSR count). The third-order valence-corrected chi connectivity index (χ3v) is 5.41. The van der Waals surface area contributed by atoms with E-state index in [-0.39, 0.29) is 17.1 Å². The first-order valence-corrected chi connectivity index (χ1v) is 9.94. The van der Waals surface area contributed by atoms with Crippen LogP contribution in [-0.4, -0.2) is 23.7 Å². The fourth-order valence-corrected chi connectivity index (χ4v) is 3.67. The fraction of sp³-hybridized carbons (Fsp3) is 0.300. The molecule has 0 saturated carbocycles. The molecule has 0 fully saturated rings. The highest BCUT2D eigenvalue weighted by Crippen LogP contribution is 2.36. The third kappa shape index (κ3) is 4.76. The van der Waals surface area contributed by atoms with Crippen LogP contribution in [0.1, 0.15) is 31.1 Å². The van der Waals surface area contributed by atoms with Gasteiger partial charge in [0.05, 0.1) is 22.6 Å². The quantitative estimate of drug-likeness (QED) is 0.730. The van der Waals surface area contributed by atoms with Gasteiger partial charge in [-0.3, -0.25) is 9.59 Å². The average molecular weight is 405 g/mol. The van der Waals surface area contributed by atoms with E-state index >= 15 is 0 Å². The highest BCUT2D eigenvalue weighted by molar-refractivity contribution is 8.00. The van der Waals surface area contributed by atoms with Crippen molar-refractivity contribution in [1.82, 2.24) is 0 Å². The summed E-state index contributed by atoms with van der Waals surface area (Å²) in [6.45, 7) is 6.54. The van der Waals surface area contributed by atoms with E-state index in [1.54, 1.807) is 30.3 Å². The second kappa shape index (κ2) is 8.23. The maximum Gasteiger partial charge on any atom is 0.255 e. The number of ether oxygens (including phenoxy) is 1. The van der Waals surface area contributed by atoms with Crippen molar-refractivity contribution < 1.29 is 14.3 Å². The molecule has 0 unspecified atom stereocenters. The molecular weight excluding hydrogens is 384 g/mol. The molecule has 2 aromatic carbocycles. The summed E-state index contributed by atoms with van der Waals surface area (Å²) in [6.07, 6.45) is 0. The normalized spacial score (nSPS) is 15.9. The predicted molar refractivity (Wildman–Crippen MR) is 110 cm³/mol. The van der Waals surface area contributed by atoms with Crippen LogP contribution in [0.4, 0.5) is 11.4 Å². The molecule has 0 saturated heterocycles. The lowest BCUT2D eigenvalue weighted by atomic mass is 10.1. The monoisotopic (exact) mass is 404 g/mol. The van der Waals surface area contributed by atoms with Gasteiger partial charge in [0, 0.05) is 16.1 Å². The van der Waals surface area contributed by atoms with Crippen molar-refractivity contribution in [3.63, 3.8) is 0 Å². The number of anilines is 2. The average Bonchev–Trinajstić information content (AvgIpc) is 2.61. The Morgan fingerprint density at radius 3 is 2.78 bits per heavy atom. The fourth-order valence-electron chi connectivity index (χ4n) is 2.51. The molecule has 1 aliphatic heterocycles. The number of rotatable bonds is 5. The Kier molecular flexibility index (Phi) is 5.97. The van der Waals surface area contributed by atoms with Gasteiger partial charge in [-0.2, -0.15) is 0 Å². The zero-order valence-electron chi connectivity index (χ0n) is 15.3. The van der Waals surface area contributed by atoms with Gasteiger partial charge in [-0.05, 0) is 49.2 Å². The van der Waals surface area contributed by atoms with Crippen molar-refractivity contribution in [2.45, 2.75) is 30.9 Å². The number of nitrogens with one attached hydrogen (secondary N) is 2. The minimum absolute atomic E-state index is 0.0613. The topological polar surface area (TPSA) is 67.4 Å². The minimum atomic E-state index is -0.275. The van der Waals surface area contributed by atoms with Crippen molar-refractivity contribution in [3.05, 3.63) is 47.0 Å². The molecule has 2 aromatic rings. The van der Waals surface area contributed by atoms with Crippen molar-refractivity contribution in [2.75, 3.05) is 17.2 Å². The number of halogens is 1. The van der Waals surface area contributed by atoms with Gasteiger partial charge >= 0.3 is 0 Å². The van der Waals surface area contributed by atoms with Gasteiger partial charge < -0.3 is 15.4 Å². The third-order valence-electron chi connectivity index (χ3n) is 3.93. The lowest BCUT2D eigenvalue weighted by Crippen LogP contribution is -2.26. The van der Waals surface area contributed by atoms with E-state index in [4.69, 9.17) is 16.3 Å². The molecule has 142 valence electrons. The lowest BCUT2D eigenvalue weighted by molar-refractivity contribution is -0.115. The summed E-state index contributed by atoms with van der Waals surface area (Å²) in [5, 5.41) is 5.95. The van der Waals surface area contributed by atoms with Crippen molar-refractivity contribution >= 4 is 46.6 Å². The van der Waals surface area contributed by atoms with Crippen LogP contribution in [0.25, 0.3) is 0 Å². The van der Waals surface area contributed by atoms with E-state index in [1.165, 1.54) is 11.8 Å². The van der Waals surface area contributed by atoms with Crippen LogP contribution in [0.5, 0.6) is 5.75 Å². The Morgan fingerprint density at radius 1 is 1.30 bits per heavy atom. The number of amides is 2. The number of thioether (sulfide) groups is 1. The molecule has 0 spiro atoms. The molecule has 1 atom stereocenters. The molecule has 0 aliphatic carbocycles. The van der Waals surface area contributed by atoms with Gasteiger partial charge in [0.2, 0.25) is 5.91 Å². The molecule has 0 bridgehead atoms. The molecule has 5 nitrogen and oxygen atoms in total. The van der Waals surface area contributed by atoms with Gasteiger partial charge in [0.25, 0.3) is 5.91 Å². The van der Waals surface area contributed by atoms with Gasteiger partial charge in [-0.25, -0.2) is 0 Å². The van der Waals surface area contributed by atoms with E-state index in [0.29, 0.717) is 40.2 Å². The first-order valence-electron chi connectivity index (χ1n) is 8.68. The minimum Gasteiger partial charge on any atom is -0.492 e. The summed E-state index contributed by atoms with van der Waals surface area (Å²) in [4.78, 5) is 25.3. The van der Waals surface area contributed by atoms with Crippen LogP contribution in [-0.2, 0) is 4.79 Å². The number of hydrogen-bond donors (Lipinski definition) is 2. The Bertz CT molecular complexity index is 886. The molecule has 2 N–H and O–H groups in total. The molecule has 1 heterocycles. The summed E-state index contributed by atoms with van der Waals surface area (Å²) in [6, 6.07) is 10.4. The van der Waals surface area contributed by atoms with Crippen LogP contribution in [0.15, 0.2) is 41.3 Å². The Hall–Kier alpha value is -2.18. The highest BCUT2D eigenvalue weighted by atomic mass is 35.5. The zero-order valence-corrected chi connectivity index (χ0v) is 16.9. The molecule has 0 radical (unpaired) electrons. The summed E-state index contributed by atoms with van der Waals surface area (Å²) in [7, 11) is 0. The SMILES string of the molecule is CC(C)COc1ccc(NC(=O)c2ccc3c(c2)NC(=O)[C@H](C)S3)cc1Cl. The zero-order chi connectivity index (χ0) is 19.6. The van der Waals surface area contributed by atoms with Crippen LogP contribution < -0.4 is 15.4 Å². The summed E-state index contributed by atoms with van der Waals surface area (Å²) in [5.74, 6) is 0.647.